The van der Waals surface area contributed by atoms with Crippen molar-refractivity contribution in [3.8, 4) is 11.8 Å². The van der Waals surface area contributed by atoms with E-state index in [-0.39, 0.29) is 10.9 Å². The van der Waals surface area contributed by atoms with Crippen LogP contribution in [-0.4, -0.2) is 26.4 Å². The number of benzene rings is 2. The summed E-state index contributed by atoms with van der Waals surface area (Å²) >= 11 is 0. The molecule has 0 aliphatic carbocycles. The fourth-order valence-corrected chi connectivity index (χ4v) is 4.73. The third-order valence-corrected chi connectivity index (χ3v) is 6.19. The number of methoxy groups -OCH3 is 1. The number of nitriles is 1. The summed E-state index contributed by atoms with van der Waals surface area (Å²) in [4.78, 5) is 0.219. The lowest BCUT2D eigenvalue weighted by Crippen LogP contribution is -2.30. The smallest absolute Gasteiger partial charge is 0.243 e. The van der Waals surface area contributed by atoms with Crippen molar-refractivity contribution in [3.63, 3.8) is 0 Å². The van der Waals surface area contributed by atoms with Gasteiger partial charge in [0.15, 0.2) is 0 Å². The molecule has 1 aliphatic rings. The molecule has 0 spiro atoms. The van der Waals surface area contributed by atoms with Crippen LogP contribution in [0.25, 0.3) is 0 Å². The van der Waals surface area contributed by atoms with E-state index in [0.29, 0.717) is 12.1 Å². The zero-order valence-corrected chi connectivity index (χ0v) is 14.2. The topological polar surface area (TPSA) is 70.4 Å². The highest BCUT2D eigenvalue weighted by Crippen LogP contribution is 2.37. The third-order valence-electron chi connectivity index (χ3n) is 4.27. The summed E-state index contributed by atoms with van der Waals surface area (Å²) in [5.41, 5.74) is 1.38. The molecule has 0 aromatic heterocycles. The summed E-state index contributed by atoms with van der Waals surface area (Å²) in [7, 11) is -2.00. The molecule has 5 nitrogen and oxygen atoms in total. The van der Waals surface area contributed by atoms with Crippen LogP contribution in [0, 0.1) is 11.3 Å². The molecule has 1 aliphatic heterocycles. The van der Waals surface area contributed by atoms with Crippen molar-refractivity contribution >= 4 is 10.0 Å². The van der Waals surface area contributed by atoms with Gasteiger partial charge in [0.2, 0.25) is 10.0 Å². The van der Waals surface area contributed by atoms with Gasteiger partial charge >= 0.3 is 0 Å². The normalized spacial score (nSPS) is 18.2. The van der Waals surface area contributed by atoms with Crippen molar-refractivity contribution in [1.82, 2.24) is 4.31 Å². The largest absolute Gasteiger partial charge is 0.497 e. The van der Waals surface area contributed by atoms with Crippen LogP contribution in [0.5, 0.6) is 5.75 Å². The molecule has 1 saturated heterocycles. The van der Waals surface area contributed by atoms with Gasteiger partial charge in [0.05, 0.1) is 29.7 Å². The summed E-state index contributed by atoms with van der Waals surface area (Å²) in [6.07, 6.45) is 1.60. The molecule has 0 amide bonds. The maximum absolute atomic E-state index is 13.0. The zero-order chi connectivity index (χ0) is 17.2. The highest BCUT2D eigenvalue weighted by Gasteiger charge is 2.36. The summed E-state index contributed by atoms with van der Waals surface area (Å²) in [6.45, 7) is 0.490. The Balaban J connectivity index is 1.95. The maximum atomic E-state index is 13.0. The van der Waals surface area contributed by atoms with E-state index in [9.17, 15) is 8.42 Å². The van der Waals surface area contributed by atoms with Crippen LogP contribution in [0.4, 0.5) is 0 Å². The Hall–Kier alpha value is -2.36. The molecule has 6 heteroatoms. The van der Waals surface area contributed by atoms with Crippen molar-refractivity contribution in [2.24, 2.45) is 0 Å². The predicted octanol–water partition coefficient (Wildman–Crippen LogP) is 3.09. The maximum Gasteiger partial charge on any atom is 0.243 e. The van der Waals surface area contributed by atoms with E-state index >= 15 is 0 Å². The molecule has 0 bridgehead atoms. The zero-order valence-electron chi connectivity index (χ0n) is 13.3. The Bertz CT molecular complexity index is 870. The van der Waals surface area contributed by atoms with Crippen molar-refractivity contribution in [2.45, 2.75) is 23.8 Å². The van der Waals surface area contributed by atoms with Crippen LogP contribution >= 0.6 is 0 Å². The van der Waals surface area contributed by atoms with Gasteiger partial charge in [-0.2, -0.15) is 9.57 Å². The van der Waals surface area contributed by atoms with Crippen LogP contribution < -0.4 is 4.74 Å². The molecule has 0 N–H and O–H groups in total. The first-order chi connectivity index (χ1) is 11.6. The molecule has 3 rings (SSSR count). The van der Waals surface area contributed by atoms with E-state index in [2.05, 4.69) is 0 Å². The van der Waals surface area contributed by atoms with E-state index in [4.69, 9.17) is 10.00 Å². The van der Waals surface area contributed by atoms with Crippen molar-refractivity contribution < 1.29 is 13.2 Å². The van der Waals surface area contributed by atoms with Gasteiger partial charge in [-0.15, -0.1) is 0 Å². The van der Waals surface area contributed by atoms with Crippen molar-refractivity contribution in [2.75, 3.05) is 13.7 Å². The van der Waals surface area contributed by atoms with Gasteiger partial charge < -0.3 is 4.74 Å². The molecule has 0 saturated carbocycles. The van der Waals surface area contributed by atoms with Gasteiger partial charge in [-0.3, -0.25) is 0 Å². The Morgan fingerprint density at radius 3 is 2.62 bits per heavy atom. The fraction of sp³-hybridized carbons (Fsp3) is 0.278. The van der Waals surface area contributed by atoms with E-state index < -0.39 is 10.0 Å². The summed E-state index contributed by atoms with van der Waals surface area (Å²) < 4.78 is 32.8. The first-order valence-corrected chi connectivity index (χ1v) is 9.16. The summed E-state index contributed by atoms with van der Waals surface area (Å²) in [5.74, 6) is 0.718. The van der Waals surface area contributed by atoms with Crippen LogP contribution in [0.15, 0.2) is 53.4 Å². The first kappa shape index (κ1) is 16.5. The molecule has 1 fully saturated rings. The second kappa shape index (κ2) is 6.63. The predicted molar refractivity (Wildman–Crippen MR) is 90.0 cm³/mol. The number of ether oxygens (including phenoxy) is 1. The Labute approximate surface area is 142 Å². The highest BCUT2D eigenvalue weighted by molar-refractivity contribution is 7.89. The second-order valence-corrected chi connectivity index (χ2v) is 7.58. The quantitative estimate of drug-likeness (QED) is 0.856. The molecular weight excluding hydrogens is 324 g/mol. The standard InChI is InChI=1S/C18H18N2O3S/c1-23-16-5-2-4-15(12-16)18-6-3-11-20(18)24(21,22)17-9-7-14(13-19)8-10-17/h2,4-5,7-10,12,18H,3,6,11H2,1H3/t18-/m0/s1. The lowest BCUT2D eigenvalue weighted by atomic mass is 10.1. The average molecular weight is 342 g/mol. The molecule has 2 aromatic carbocycles. The SMILES string of the molecule is COc1cccc([C@@H]2CCCN2S(=O)(=O)c2ccc(C#N)cc2)c1. The number of sulfonamides is 1. The van der Waals surface area contributed by atoms with E-state index in [1.54, 1.807) is 11.4 Å². The lowest BCUT2D eigenvalue weighted by Gasteiger charge is -2.24. The Kier molecular flexibility index (Phi) is 4.56. The highest BCUT2D eigenvalue weighted by atomic mass is 32.2. The minimum Gasteiger partial charge on any atom is -0.497 e. The van der Waals surface area contributed by atoms with Crippen molar-refractivity contribution in [3.05, 3.63) is 59.7 Å². The fourth-order valence-electron chi connectivity index (χ4n) is 3.05. The number of hydrogen-bond donors (Lipinski definition) is 0. The molecule has 0 radical (unpaired) electrons. The van der Waals surface area contributed by atoms with Crippen LogP contribution in [-0.2, 0) is 10.0 Å². The molecule has 1 atom stereocenters. The Morgan fingerprint density at radius 2 is 1.96 bits per heavy atom. The van der Waals surface area contributed by atoms with Gasteiger partial charge in [-0.1, -0.05) is 12.1 Å². The second-order valence-electron chi connectivity index (χ2n) is 5.69. The monoisotopic (exact) mass is 342 g/mol. The van der Waals surface area contributed by atoms with Gasteiger partial charge in [-0.25, -0.2) is 8.42 Å². The lowest BCUT2D eigenvalue weighted by molar-refractivity contribution is 0.390. The first-order valence-electron chi connectivity index (χ1n) is 7.72. The van der Waals surface area contributed by atoms with Gasteiger partial charge in [-0.05, 0) is 54.8 Å². The number of rotatable bonds is 4. The van der Waals surface area contributed by atoms with Gasteiger partial charge in [0.25, 0.3) is 0 Å². The molecule has 1 heterocycles. The van der Waals surface area contributed by atoms with Crippen molar-refractivity contribution in [1.29, 1.82) is 5.26 Å². The summed E-state index contributed by atoms with van der Waals surface area (Å²) in [6, 6.07) is 15.4. The van der Waals surface area contributed by atoms with Crippen LogP contribution in [0.1, 0.15) is 30.0 Å². The summed E-state index contributed by atoms with van der Waals surface area (Å²) in [5, 5.41) is 8.86. The molecule has 0 unspecified atom stereocenters. The molecule has 2 aromatic rings. The molecule has 24 heavy (non-hydrogen) atoms. The van der Waals surface area contributed by atoms with Gasteiger partial charge in [0, 0.05) is 6.54 Å². The average Bonchev–Trinajstić information content (AvgIpc) is 3.12. The molecule has 124 valence electrons. The number of nitrogens with zero attached hydrogens (tertiary/aromatic N) is 2. The minimum absolute atomic E-state index is 0.194. The Morgan fingerprint density at radius 1 is 1.21 bits per heavy atom. The van der Waals surface area contributed by atoms with Gasteiger partial charge in [0.1, 0.15) is 5.75 Å². The molecular formula is C18H18N2O3S. The van der Waals surface area contributed by atoms with E-state index in [0.717, 1.165) is 24.2 Å². The number of hydrogen-bond acceptors (Lipinski definition) is 4. The van der Waals surface area contributed by atoms with E-state index in [1.165, 1.54) is 24.3 Å². The van der Waals surface area contributed by atoms with Crippen LogP contribution in [0.2, 0.25) is 0 Å². The third kappa shape index (κ3) is 3.01. The van der Waals surface area contributed by atoms with E-state index in [1.807, 2.05) is 30.3 Å². The van der Waals surface area contributed by atoms with Crippen LogP contribution in [0.3, 0.4) is 0 Å². The minimum atomic E-state index is -3.60.